The van der Waals surface area contributed by atoms with Gasteiger partial charge in [0.2, 0.25) is 5.91 Å². The number of pyridine rings is 1. The summed E-state index contributed by atoms with van der Waals surface area (Å²) in [6, 6.07) is 3.59. The summed E-state index contributed by atoms with van der Waals surface area (Å²) in [6.07, 6.45) is 1.61. The van der Waals surface area contributed by atoms with Crippen LogP contribution < -0.4 is 16.8 Å². The van der Waals surface area contributed by atoms with Crippen LogP contribution in [0.1, 0.15) is 9.67 Å². The molecule has 0 fully saturated rings. The predicted octanol–water partition coefficient (Wildman–Crippen LogP) is 0.0936. The number of hydrogen-bond acceptors (Lipinski definition) is 5. The fourth-order valence-electron chi connectivity index (χ4n) is 1.36. The minimum absolute atomic E-state index is 0.208. The van der Waals surface area contributed by atoms with Gasteiger partial charge < -0.3 is 16.8 Å². The Morgan fingerprint density at radius 2 is 2.24 bits per heavy atom. The molecule has 0 aliphatic carbocycles. The van der Waals surface area contributed by atoms with E-state index in [-0.39, 0.29) is 6.54 Å². The predicted molar refractivity (Wildman–Crippen MR) is 65.6 cm³/mol. The van der Waals surface area contributed by atoms with E-state index in [0.717, 1.165) is 4.70 Å². The summed E-state index contributed by atoms with van der Waals surface area (Å²) in [5.41, 5.74) is 11.7. The molecule has 5 N–H and O–H groups in total. The fraction of sp³-hybridized carbons (Fsp3) is 0.100. The summed E-state index contributed by atoms with van der Waals surface area (Å²) in [5, 5.41) is 2.39. The number of primary amides is 1. The van der Waals surface area contributed by atoms with Gasteiger partial charge in [0.05, 0.1) is 16.9 Å². The number of fused-ring (bicyclic) bond motifs is 1. The van der Waals surface area contributed by atoms with E-state index in [1.165, 1.54) is 11.3 Å². The number of nitrogen functional groups attached to an aromatic ring is 1. The molecule has 2 aromatic rings. The smallest absolute Gasteiger partial charge is 0.264 e. The zero-order valence-corrected chi connectivity index (χ0v) is 9.58. The van der Waals surface area contributed by atoms with Gasteiger partial charge in [-0.3, -0.25) is 14.6 Å². The third-order valence-electron chi connectivity index (χ3n) is 2.11. The summed E-state index contributed by atoms with van der Waals surface area (Å²) >= 11 is 1.23. The number of carbonyl (C=O) groups is 2. The van der Waals surface area contributed by atoms with Gasteiger partial charge in [-0.05, 0) is 12.1 Å². The van der Waals surface area contributed by atoms with Crippen LogP contribution in [0, 0.1) is 0 Å². The van der Waals surface area contributed by atoms with Crippen molar-refractivity contribution in [2.45, 2.75) is 0 Å². The number of thiophene rings is 1. The molecule has 2 heterocycles. The van der Waals surface area contributed by atoms with Crippen molar-refractivity contribution in [3.63, 3.8) is 0 Å². The van der Waals surface area contributed by atoms with Crippen molar-refractivity contribution in [1.82, 2.24) is 10.3 Å². The van der Waals surface area contributed by atoms with E-state index in [2.05, 4.69) is 10.3 Å². The van der Waals surface area contributed by atoms with Gasteiger partial charge in [-0.25, -0.2) is 0 Å². The molecule has 6 nitrogen and oxygen atoms in total. The third-order valence-corrected chi connectivity index (χ3v) is 3.27. The van der Waals surface area contributed by atoms with Crippen molar-refractivity contribution in [2.24, 2.45) is 5.73 Å². The summed E-state index contributed by atoms with van der Waals surface area (Å²) < 4.78 is 0.828. The topological polar surface area (TPSA) is 111 Å². The molecule has 7 heteroatoms. The number of carbonyl (C=O) groups excluding carboxylic acids is 2. The number of nitrogens with two attached hydrogens (primary N) is 2. The Morgan fingerprint density at radius 3 is 2.88 bits per heavy atom. The van der Waals surface area contributed by atoms with E-state index >= 15 is 0 Å². The maximum Gasteiger partial charge on any atom is 0.264 e. The van der Waals surface area contributed by atoms with Gasteiger partial charge in [0.25, 0.3) is 5.91 Å². The van der Waals surface area contributed by atoms with Gasteiger partial charge in [-0.2, -0.15) is 0 Å². The number of nitrogens with one attached hydrogen (secondary N) is 1. The molecule has 0 radical (unpaired) electrons. The summed E-state index contributed by atoms with van der Waals surface area (Å²) in [5.74, 6) is -1.01. The van der Waals surface area contributed by atoms with Gasteiger partial charge in [0.1, 0.15) is 10.4 Å². The van der Waals surface area contributed by atoms with Crippen LogP contribution in [0.25, 0.3) is 10.2 Å². The van der Waals surface area contributed by atoms with E-state index in [0.29, 0.717) is 16.1 Å². The Bertz CT molecular complexity index is 593. The first-order valence-corrected chi connectivity index (χ1v) is 5.60. The van der Waals surface area contributed by atoms with Crippen LogP contribution in [-0.2, 0) is 4.79 Å². The van der Waals surface area contributed by atoms with Gasteiger partial charge in [0.15, 0.2) is 0 Å². The molecule has 0 spiro atoms. The molecule has 0 atom stereocenters. The second-order valence-corrected chi connectivity index (χ2v) is 4.40. The molecular weight excluding hydrogens is 240 g/mol. The van der Waals surface area contributed by atoms with Crippen LogP contribution in [0.15, 0.2) is 18.3 Å². The Labute approximate surface area is 101 Å². The summed E-state index contributed by atoms with van der Waals surface area (Å²) in [6.45, 7) is -0.208. The van der Waals surface area contributed by atoms with Crippen molar-refractivity contribution in [1.29, 1.82) is 0 Å². The van der Waals surface area contributed by atoms with E-state index in [1.54, 1.807) is 12.3 Å². The lowest BCUT2D eigenvalue weighted by molar-refractivity contribution is -0.117. The molecule has 0 bridgehead atoms. The van der Waals surface area contributed by atoms with E-state index in [1.807, 2.05) is 6.07 Å². The van der Waals surface area contributed by atoms with E-state index in [4.69, 9.17) is 11.5 Å². The molecule has 0 aliphatic heterocycles. The molecule has 0 unspecified atom stereocenters. The molecule has 2 rings (SSSR count). The van der Waals surface area contributed by atoms with Crippen molar-refractivity contribution in [3.05, 3.63) is 23.2 Å². The maximum absolute atomic E-state index is 11.7. The Balaban J connectivity index is 2.32. The normalized spacial score (nSPS) is 10.4. The van der Waals surface area contributed by atoms with Crippen molar-refractivity contribution < 1.29 is 9.59 Å². The number of rotatable bonds is 3. The highest BCUT2D eigenvalue weighted by molar-refractivity contribution is 7.21. The molecule has 0 aromatic carbocycles. The molecule has 88 valence electrons. The first-order valence-electron chi connectivity index (χ1n) is 4.79. The van der Waals surface area contributed by atoms with Crippen LogP contribution >= 0.6 is 11.3 Å². The zero-order valence-electron chi connectivity index (χ0n) is 8.77. The molecular formula is C10H10N4O2S. The molecule has 0 saturated carbocycles. The molecule has 17 heavy (non-hydrogen) atoms. The lowest BCUT2D eigenvalue weighted by Gasteiger charge is -2.00. The minimum atomic E-state index is -0.601. The first-order chi connectivity index (χ1) is 8.09. The highest BCUT2D eigenvalue weighted by Gasteiger charge is 2.16. The number of anilines is 1. The number of aromatic nitrogens is 1. The summed E-state index contributed by atoms with van der Waals surface area (Å²) in [4.78, 5) is 26.7. The van der Waals surface area contributed by atoms with Crippen molar-refractivity contribution in [2.75, 3.05) is 12.3 Å². The highest BCUT2D eigenvalue weighted by Crippen LogP contribution is 2.31. The standard InChI is InChI=1S/C10H10N4O2S/c11-6(15)4-14-10(16)9-7(12)8-5(17-9)2-1-3-13-8/h1-3H,4,12H2,(H2,11,15)(H,14,16). The number of nitrogens with zero attached hydrogens (tertiary/aromatic N) is 1. The largest absolute Gasteiger partial charge is 0.396 e. The Hall–Kier alpha value is -2.15. The van der Waals surface area contributed by atoms with Crippen LogP contribution in [0.4, 0.5) is 5.69 Å². The average molecular weight is 250 g/mol. The van der Waals surface area contributed by atoms with Crippen LogP contribution in [-0.4, -0.2) is 23.3 Å². The van der Waals surface area contributed by atoms with Crippen molar-refractivity contribution >= 4 is 39.1 Å². The van der Waals surface area contributed by atoms with Gasteiger partial charge in [-0.1, -0.05) is 0 Å². The SMILES string of the molecule is NC(=O)CNC(=O)c1sc2cccnc2c1N. The number of amides is 2. The van der Waals surface area contributed by atoms with Crippen LogP contribution in [0.3, 0.4) is 0 Å². The van der Waals surface area contributed by atoms with Crippen LogP contribution in [0.5, 0.6) is 0 Å². The second-order valence-electron chi connectivity index (χ2n) is 3.34. The number of hydrogen-bond donors (Lipinski definition) is 3. The Morgan fingerprint density at radius 1 is 1.47 bits per heavy atom. The minimum Gasteiger partial charge on any atom is -0.396 e. The van der Waals surface area contributed by atoms with Gasteiger partial charge >= 0.3 is 0 Å². The fourth-order valence-corrected chi connectivity index (χ4v) is 2.36. The van der Waals surface area contributed by atoms with Crippen molar-refractivity contribution in [3.8, 4) is 0 Å². The highest BCUT2D eigenvalue weighted by atomic mass is 32.1. The monoisotopic (exact) mass is 250 g/mol. The average Bonchev–Trinajstić information content (AvgIpc) is 2.64. The van der Waals surface area contributed by atoms with Crippen LogP contribution in [0.2, 0.25) is 0 Å². The van der Waals surface area contributed by atoms with Gasteiger partial charge in [-0.15, -0.1) is 11.3 Å². The maximum atomic E-state index is 11.7. The molecule has 2 aromatic heterocycles. The van der Waals surface area contributed by atoms with E-state index < -0.39 is 11.8 Å². The molecule has 2 amide bonds. The first kappa shape index (κ1) is 11.3. The quantitative estimate of drug-likeness (QED) is 0.717. The molecule has 0 aliphatic rings. The summed E-state index contributed by atoms with van der Waals surface area (Å²) in [7, 11) is 0. The Kier molecular flexibility index (Phi) is 2.92. The zero-order chi connectivity index (χ0) is 12.4. The molecule has 0 saturated heterocycles. The third kappa shape index (κ3) is 2.18. The van der Waals surface area contributed by atoms with Gasteiger partial charge in [0, 0.05) is 6.20 Å². The lowest BCUT2D eigenvalue weighted by atomic mass is 10.3. The van der Waals surface area contributed by atoms with E-state index in [9.17, 15) is 9.59 Å². The second kappa shape index (κ2) is 4.38. The lowest BCUT2D eigenvalue weighted by Crippen LogP contribution is -2.33.